The van der Waals surface area contributed by atoms with E-state index in [0.29, 0.717) is 48.8 Å². The molecule has 45 heavy (non-hydrogen) atoms. The van der Waals surface area contributed by atoms with Gasteiger partial charge in [-0.3, -0.25) is 29.8 Å². The van der Waals surface area contributed by atoms with Crippen LogP contribution in [0.15, 0.2) is 18.2 Å². The van der Waals surface area contributed by atoms with Crippen LogP contribution in [0.25, 0.3) is 0 Å². The standard InChI is InChI=1S/C12H11NO3.C12H10NO3.C12H15N/c14-10-5-4-8-6-7-2-1-3-9(7)12(11(8)10)13(15)16;14-11-5-4-9-10(11)6-7-2-1-3-8(7)12(9)13(15)16;13-12-10-5-1-3-8(10)7-9-4-2-6-11(9)12/h6H,1-5H2;1,6H,2-5H2;7H,1-6,13H2/q;+1;. The van der Waals surface area contributed by atoms with Crippen molar-refractivity contribution in [2.75, 3.05) is 5.73 Å². The van der Waals surface area contributed by atoms with Crippen molar-refractivity contribution in [2.24, 2.45) is 0 Å². The Hall–Kier alpha value is -4.53. The predicted molar refractivity (Wildman–Crippen MR) is 170 cm³/mol. The minimum Gasteiger partial charge on any atom is -0.398 e. The maximum atomic E-state index is 11.7. The Morgan fingerprint density at radius 1 is 0.556 bits per heavy atom. The quantitative estimate of drug-likeness (QED) is 0.152. The molecule has 3 aromatic rings. The van der Waals surface area contributed by atoms with E-state index < -0.39 is 0 Å². The number of rotatable bonds is 2. The lowest BCUT2D eigenvalue weighted by atomic mass is 9.99. The molecule has 3 aromatic carbocycles. The number of hydrogen-bond donors (Lipinski definition) is 1. The molecule has 0 aliphatic heterocycles. The largest absolute Gasteiger partial charge is 0.398 e. The highest BCUT2D eigenvalue weighted by atomic mass is 16.6. The van der Waals surface area contributed by atoms with Gasteiger partial charge in [-0.15, -0.1) is 0 Å². The molecule has 6 aliphatic rings. The number of nitro benzene ring substituents is 2. The average molecular weight is 607 g/mol. The number of nitrogens with zero attached hydrogens (tertiary/aromatic N) is 2. The number of carbonyl (C=O) groups is 2. The van der Waals surface area contributed by atoms with Crippen LogP contribution >= 0.6 is 0 Å². The molecule has 0 aromatic heterocycles. The fourth-order valence-corrected chi connectivity index (χ4v) is 8.41. The second kappa shape index (κ2) is 11.4. The number of hydrogen-bond acceptors (Lipinski definition) is 7. The second-order valence-corrected chi connectivity index (χ2v) is 13.0. The number of nitro groups is 2. The molecule has 0 atom stereocenters. The lowest BCUT2D eigenvalue weighted by Gasteiger charge is -2.10. The van der Waals surface area contributed by atoms with E-state index in [1.807, 2.05) is 18.6 Å². The van der Waals surface area contributed by atoms with Crippen molar-refractivity contribution in [3.05, 3.63) is 112 Å². The van der Waals surface area contributed by atoms with Crippen LogP contribution in [0, 0.1) is 26.6 Å². The average Bonchev–Trinajstić information content (AvgIpc) is 3.86. The van der Waals surface area contributed by atoms with Crippen molar-refractivity contribution >= 4 is 28.6 Å². The number of carbonyl (C=O) groups excluding carboxylic acids is 2. The molecule has 2 N–H and O–H groups in total. The lowest BCUT2D eigenvalue weighted by molar-refractivity contribution is -0.386. The maximum Gasteiger partial charge on any atom is 0.283 e. The molecule has 0 unspecified atom stereocenters. The van der Waals surface area contributed by atoms with Gasteiger partial charge in [0.25, 0.3) is 11.4 Å². The monoisotopic (exact) mass is 606 g/mol. The molecular weight excluding hydrogens is 570 g/mol. The van der Waals surface area contributed by atoms with Crippen molar-refractivity contribution < 1.29 is 19.4 Å². The summed E-state index contributed by atoms with van der Waals surface area (Å²) in [4.78, 5) is 44.8. The molecule has 0 saturated heterocycles. The number of benzene rings is 3. The summed E-state index contributed by atoms with van der Waals surface area (Å²) < 4.78 is 0. The summed E-state index contributed by atoms with van der Waals surface area (Å²) in [5.74, 6) is -0.01000. The molecule has 0 bridgehead atoms. The number of aryl methyl sites for hydroxylation is 4. The molecule has 9 rings (SSSR count). The van der Waals surface area contributed by atoms with Crippen molar-refractivity contribution in [2.45, 2.75) is 96.3 Å². The zero-order valence-corrected chi connectivity index (χ0v) is 25.3. The highest BCUT2D eigenvalue weighted by Crippen LogP contribution is 2.41. The van der Waals surface area contributed by atoms with E-state index in [1.54, 1.807) is 0 Å². The molecule has 9 heteroatoms. The van der Waals surface area contributed by atoms with Crippen molar-refractivity contribution in [1.82, 2.24) is 0 Å². The van der Waals surface area contributed by atoms with Gasteiger partial charge >= 0.3 is 0 Å². The molecule has 0 spiro atoms. The van der Waals surface area contributed by atoms with Gasteiger partial charge in [-0.1, -0.05) is 12.1 Å². The van der Waals surface area contributed by atoms with Gasteiger partial charge in [-0.25, -0.2) is 0 Å². The first-order valence-corrected chi connectivity index (χ1v) is 16.2. The van der Waals surface area contributed by atoms with Gasteiger partial charge in [0.15, 0.2) is 11.6 Å². The number of ketones is 2. The molecule has 0 amide bonds. The Kier molecular flexibility index (Phi) is 7.42. The van der Waals surface area contributed by atoms with Crippen LogP contribution in [0.1, 0.15) is 108 Å². The number of nitrogens with two attached hydrogens (primary N) is 1. The summed E-state index contributed by atoms with van der Waals surface area (Å²) in [5, 5.41) is 22.2. The van der Waals surface area contributed by atoms with Crippen LogP contribution in [0.2, 0.25) is 0 Å². The van der Waals surface area contributed by atoms with Crippen LogP contribution in [0.5, 0.6) is 0 Å². The molecule has 6 aliphatic carbocycles. The highest BCUT2D eigenvalue weighted by Gasteiger charge is 2.37. The highest BCUT2D eigenvalue weighted by molar-refractivity contribution is 6.05. The van der Waals surface area contributed by atoms with Gasteiger partial charge < -0.3 is 5.73 Å². The van der Waals surface area contributed by atoms with Crippen molar-refractivity contribution in [3.8, 4) is 0 Å². The summed E-state index contributed by atoms with van der Waals surface area (Å²) in [6, 6.07) is 6.28. The normalized spacial score (nSPS) is 17.6. The number of anilines is 1. The third-order valence-corrected chi connectivity index (χ3v) is 10.5. The van der Waals surface area contributed by atoms with E-state index in [0.717, 1.165) is 59.2 Å². The van der Waals surface area contributed by atoms with E-state index in [-0.39, 0.29) is 32.8 Å². The zero-order chi connectivity index (χ0) is 31.4. The SMILES string of the molecule is Nc1c2c(cc3c1CCC3)CCC2.O=C1CCc2c1cc1c(c2[N+](=O)[O-])C[CH+]C1.O=C1CCc2cc3c(c([N+](=O)[O-])c21)CCC3. The molecule has 0 saturated carbocycles. The van der Waals surface area contributed by atoms with Crippen molar-refractivity contribution in [1.29, 1.82) is 0 Å². The Bertz CT molecular complexity index is 1790. The van der Waals surface area contributed by atoms with Gasteiger partial charge in [-0.05, 0) is 110 Å². The second-order valence-electron chi connectivity index (χ2n) is 13.0. The smallest absolute Gasteiger partial charge is 0.283 e. The molecule has 0 radical (unpaired) electrons. The zero-order valence-electron chi connectivity index (χ0n) is 25.3. The van der Waals surface area contributed by atoms with E-state index in [2.05, 4.69) is 6.07 Å². The van der Waals surface area contributed by atoms with Gasteiger partial charge in [0.05, 0.1) is 27.4 Å². The number of fused-ring (bicyclic) bond motifs is 6. The van der Waals surface area contributed by atoms with Gasteiger partial charge in [0.2, 0.25) is 0 Å². The molecule has 0 heterocycles. The summed E-state index contributed by atoms with van der Waals surface area (Å²) in [5.41, 5.74) is 19.8. The molecule has 230 valence electrons. The fourth-order valence-electron chi connectivity index (χ4n) is 8.41. The minimum atomic E-state index is -0.369. The lowest BCUT2D eigenvalue weighted by Crippen LogP contribution is -2.04. The number of Topliss-reactive ketones (excluding diaryl/α,β-unsaturated/α-hetero) is 2. The predicted octanol–water partition coefficient (Wildman–Crippen LogP) is 6.49. The van der Waals surface area contributed by atoms with E-state index in [1.165, 1.54) is 60.8 Å². The van der Waals surface area contributed by atoms with Gasteiger partial charge in [-0.2, -0.15) is 0 Å². The minimum absolute atomic E-state index is 0.0489. The topological polar surface area (TPSA) is 146 Å². The van der Waals surface area contributed by atoms with Crippen LogP contribution in [0.4, 0.5) is 17.1 Å². The van der Waals surface area contributed by atoms with Gasteiger partial charge in [0.1, 0.15) is 12.8 Å². The van der Waals surface area contributed by atoms with E-state index >= 15 is 0 Å². The summed E-state index contributed by atoms with van der Waals surface area (Å²) in [7, 11) is 0. The first-order chi connectivity index (χ1) is 21.7. The van der Waals surface area contributed by atoms with Crippen LogP contribution < -0.4 is 5.73 Å². The molecule has 9 nitrogen and oxygen atoms in total. The first kappa shape index (κ1) is 29.2. The van der Waals surface area contributed by atoms with Crippen LogP contribution in [0.3, 0.4) is 0 Å². The Morgan fingerprint density at radius 2 is 1.13 bits per heavy atom. The first-order valence-electron chi connectivity index (χ1n) is 16.2. The van der Waals surface area contributed by atoms with E-state index in [4.69, 9.17) is 5.73 Å². The Labute approximate surface area is 261 Å². The van der Waals surface area contributed by atoms with Gasteiger partial charge in [0, 0.05) is 40.8 Å². The fraction of sp³-hybridized carbons (Fsp3) is 0.417. The van der Waals surface area contributed by atoms with Crippen LogP contribution in [-0.4, -0.2) is 21.4 Å². The molecule has 0 fully saturated rings. The van der Waals surface area contributed by atoms with Crippen molar-refractivity contribution in [3.63, 3.8) is 0 Å². The Balaban J connectivity index is 0.000000109. The maximum absolute atomic E-state index is 11.7. The van der Waals surface area contributed by atoms with Crippen LogP contribution in [-0.2, 0) is 64.2 Å². The van der Waals surface area contributed by atoms with E-state index in [9.17, 15) is 29.8 Å². The third-order valence-electron chi connectivity index (χ3n) is 10.5. The Morgan fingerprint density at radius 3 is 1.78 bits per heavy atom. The summed E-state index contributed by atoms with van der Waals surface area (Å²) in [6.45, 7) is 0. The summed E-state index contributed by atoms with van der Waals surface area (Å²) >= 11 is 0. The summed E-state index contributed by atoms with van der Waals surface area (Å²) in [6.07, 6.45) is 15.7. The molecular formula is C36H36N3O6+. The third kappa shape index (κ3) is 4.98. The number of nitrogen functional groups attached to an aromatic ring is 1.